The Hall–Kier alpha value is -1.30. The number of aliphatic imine (C=N–C) groups is 1. The summed E-state index contributed by atoms with van der Waals surface area (Å²) in [7, 11) is 0. The molecule has 0 radical (unpaired) electrons. The highest BCUT2D eigenvalue weighted by atomic mass is 16.3. The van der Waals surface area contributed by atoms with Crippen molar-refractivity contribution in [3.63, 3.8) is 0 Å². The maximum Gasteiger partial charge on any atom is 0.222 e. The number of nitrogens with one attached hydrogen (secondary N) is 3. The van der Waals surface area contributed by atoms with Gasteiger partial charge < -0.3 is 21.1 Å². The minimum Gasteiger partial charge on any atom is -0.396 e. The molecule has 1 amide bonds. The molecule has 0 rings (SSSR count). The topological polar surface area (TPSA) is 85.8 Å². The number of aliphatic hydroxyl groups excluding tert-OH is 1. The van der Waals surface area contributed by atoms with Gasteiger partial charge in [0.15, 0.2) is 5.96 Å². The number of guanidine groups is 1. The van der Waals surface area contributed by atoms with Crippen LogP contribution >= 0.6 is 0 Å². The Morgan fingerprint density at radius 1 is 1.09 bits per heavy atom. The molecule has 0 saturated carbocycles. The summed E-state index contributed by atoms with van der Waals surface area (Å²) in [5.41, 5.74) is 0. The van der Waals surface area contributed by atoms with Crippen LogP contribution in [0.25, 0.3) is 0 Å². The summed E-state index contributed by atoms with van der Waals surface area (Å²) in [6, 6.07) is 0. The largest absolute Gasteiger partial charge is 0.396 e. The zero-order chi connectivity index (χ0) is 16.8. The van der Waals surface area contributed by atoms with Crippen LogP contribution in [0.4, 0.5) is 0 Å². The first-order valence-electron chi connectivity index (χ1n) is 8.45. The second-order valence-corrected chi connectivity index (χ2v) is 5.76. The lowest BCUT2D eigenvalue weighted by Gasteiger charge is -2.15. The van der Waals surface area contributed by atoms with Crippen LogP contribution in [0.5, 0.6) is 0 Å². The van der Waals surface area contributed by atoms with Crippen molar-refractivity contribution in [3.05, 3.63) is 0 Å². The van der Waals surface area contributed by atoms with Crippen molar-refractivity contribution < 1.29 is 9.90 Å². The lowest BCUT2D eigenvalue weighted by molar-refractivity contribution is -0.123. The van der Waals surface area contributed by atoms with Crippen LogP contribution in [0.3, 0.4) is 0 Å². The first-order chi connectivity index (χ1) is 10.5. The number of aliphatic hydroxyl groups is 1. The third-order valence-corrected chi connectivity index (χ3v) is 3.33. The summed E-state index contributed by atoms with van der Waals surface area (Å²) in [6.45, 7) is 10.9. The first-order valence-corrected chi connectivity index (χ1v) is 8.45. The molecule has 0 aliphatic heterocycles. The van der Waals surface area contributed by atoms with Crippen molar-refractivity contribution in [2.24, 2.45) is 16.8 Å². The second-order valence-electron chi connectivity index (χ2n) is 5.76. The molecular formula is C16H34N4O2. The first kappa shape index (κ1) is 20.7. The Kier molecular flexibility index (Phi) is 12.6. The van der Waals surface area contributed by atoms with Crippen molar-refractivity contribution in [2.45, 2.75) is 47.0 Å². The highest BCUT2D eigenvalue weighted by Gasteiger charge is 2.08. The molecule has 22 heavy (non-hydrogen) atoms. The molecule has 0 aromatic carbocycles. The van der Waals surface area contributed by atoms with Crippen LogP contribution < -0.4 is 16.0 Å². The van der Waals surface area contributed by atoms with Gasteiger partial charge in [0.1, 0.15) is 0 Å². The Morgan fingerprint density at radius 3 is 2.32 bits per heavy atom. The van der Waals surface area contributed by atoms with Gasteiger partial charge in [-0.1, -0.05) is 27.2 Å². The van der Waals surface area contributed by atoms with E-state index in [4.69, 9.17) is 5.11 Å². The van der Waals surface area contributed by atoms with E-state index in [1.165, 1.54) is 0 Å². The Labute approximate surface area is 135 Å². The van der Waals surface area contributed by atoms with Crippen LogP contribution in [0.1, 0.15) is 47.0 Å². The molecule has 0 aliphatic rings. The number of hydrogen-bond acceptors (Lipinski definition) is 3. The number of hydrogen-bond donors (Lipinski definition) is 4. The molecule has 0 aromatic heterocycles. The molecule has 0 bridgehead atoms. The maximum atomic E-state index is 11.5. The molecule has 6 heteroatoms. The molecule has 0 heterocycles. The van der Waals surface area contributed by atoms with Gasteiger partial charge in [-0.15, -0.1) is 0 Å². The monoisotopic (exact) mass is 314 g/mol. The zero-order valence-corrected chi connectivity index (χ0v) is 14.6. The van der Waals surface area contributed by atoms with Gasteiger partial charge in [0.2, 0.25) is 5.91 Å². The van der Waals surface area contributed by atoms with Gasteiger partial charge in [0.25, 0.3) is 0 Å². The van der Waals surface area contributed by atoms with Crippen molar-refractivity contribution >= 4 is 11.9 Å². The summed E-state index contributed by atoms with van der Waals surface area (Å²) in [6.07, 6.45) is 2.97. The van der Waals surface area contributed by atoms with E-state index < -0.39 is 0 Å². The molecule has 4 N–H and O–H groups in total. The fourth-order valence-electron chi connectivity index (χ4n) is 2.05. The van der Waals surface area contributed by atoms with Gasteiger partial charge >= 0.3 is 0 Å². The number of nitrogens with zero attached hydrogens (tertiary/aromatic N) is 1. The van der Waals surface area contributed by atoms with Crippen LogP contribution in [-0.2, 0) is 4.79 Å². The molecule has 0 fully saturated rings. The summed E-state index contributed by atoms with van der Waals surface area (Å²) >= 11 is 0. The smallest absolute Gasteiger partial charge is 0.222 e. The average Bonchev–Trinajstić information content (AvgIpc) is 2.48. The molecule has 130 valence electrons. The van der Waals surface area contributed by atoms with E-state index in [1.54, 1.807) is 0 Å². The summed E-state index contributed by atoms with van der Waals surface area (Å²) < 4.78 is 0. The van der Waals surface area contributed by atoms with Gasteiger partial charge in [-0.3, -0.25) is 9.79 Å². The van der Waals surface area contributed by atoms with Crippen LogP contribution in [0, 0.1) is 11.8 Å². The molecule has 0 aromatic rings. The molecule has 1 unspecified atom stereocenters. The van der Waals surface area contributed by atoms with Gasteiger partial charge in [-0.25, -0.2) is 0 Å². The minimum atomic E-state index is 0.00943. The van der Waals surface area contributed by atoms with Crippen LogP contribution in [0.2, 0.25) is 0 Å². The van der Waals surface area contributed by atoms with Crippen molar-refractivity contribution in [3.8, 4) is 0 Å². The second kappa shape index (κ2) is 13.4. The van der Waals surface area contributed by atoms with Crippen molar-refractivity contribution in [2.75, 3.05) is 32.8 Å². The van der Waals surface area contributed by atoms with Gasteiger partial charge in [0, 0.05) is 38.7 Å². The van der Waals surface area contributed by atoms with E-state index in [9.17, 15) is 4.79 Å². The fourth-order valence-corrected chi connectivity index (χ4v) is 2.05. The number of amides is 1. The number of carbonyl (C=O) groups is 1. The zero-order valence-electron chi connectivity index (χ0n) is 14.6. The number of carbonyl (C=O) groups excluding carboxylic acids is 1. The Bertz CT molecular complexity index is 313. The highest BCUT2D eigenvalue weighted by molar-refractivity contribution is 5.80. The third kappa shape index (κ3) is 10.4. The predicted octanol–water partition coefficient (Wildman–Crippen LogP) is 1.11. The molecule has 6 nitrogen and oxygen atoms in total. The van der Waals surface area contributed by atoms with E-state index in [1.807, 2.05) is 20.8 Å². The summed E-state index contributed by atoms with van der Waals surface area (Å²) in [4.78, 5) is 16.0. The van der Waals surface area contributed by atoms with Crippen molar-refractivity contribution in [1.29, 1.82) is 0 Å². The molecule has 1 atom stereocenters. The van der Waals surface area contributed by atoms with E-state index in [-0.39, 0.29) is 18.4 Å². The lowest BCUT2D eigenvalue weighted by Crippen LogP contribution is -2.42. The molecule has 0 saturated heterocycles. The SMILES string of the molecule is CCCC(CCO)CN=C(NCC)NCCNC(=O)C(C)C. The summed E-state index contributed by atoms with van der Waals surface area (Å²) in [5.74, 6) is 1.26. The van der Waals surface area contributed by atoms with E-state index in [2.05, 4.69) is 27.9 Å². The van der Waals surface area contributed by atoms with Crippen LogP contribution in [-0.4, -0.2) is 49.8 Å². The highest BCUT2D eigenvalue weighted by Crippen LogP contribution is 2.10. The molecular weight excluding hydrogens is 280 g/mol. The van der Waals surface area contributed by atoms with E-state index in [0.29, 0.717) is 25.6 Å². The Morgan fingerprint density at radius 2 is 1.77 bits per heavy atom. The van der Waals surface area contributed by atoms with Gasteiger partial charge in [-0.2, -0.15) is 0 Å². The number of rotatable bonds is 11. The van der Waals surface area contributed by atoms with Gasteiger partial charge in [0.05, 0.1) is 0 Å². The standard InChI is InChI=1S/C16H34N4O2/c1-5-7-14(8-11-21)12-20-16(17-6-2)19-10-9-18-15(22)13(3)4/h13-14,21H,5-12H2,1-4H3,(H,18,22)(H2,17,19,20). The molecule has 0 spiro atoms. The van der Waals surface area contributed by atoms with Gasteiger partial charge in [-0.05, 0) is 25.7 Å². The molecule has 0 aliphatic carbocycles. The van der Waals surface area contributed by atoms with Crippen molar-refractivity contribution in [1.82, 2.24) is 16.0 Å². The predicted molar refractivity (Wildman–Crippen MR) is 91.9 cm³/mol. The average molecular weight is 314 g/mol. The van der Waals surface area contributed by atoms with E-state index >= 15 is 0 Å². The maximum absolute atomic E-state index is 11.5. The van der Waals surface area contributed by atoms with Crippen LogP contribution in [0.15, 0.2) is 4.99 Å². The summed E-state index contributed by atoms with van der Waals surface area (Å²) in [5, 5.41) is 18.4. The normalized spacial score (nSPS) is 13.1. The lowest BCUT2D eigenvalue weighted by atomic mass is 10.0. The quantitative estimate of drug-likeness (QED) is 0.261. The third-order valence-electron chi connectivity index (χ3n) is 3.33. The Balaban J connectivity index is 4.21. The fraction of sp³-hybridized carbons (Fsp3) is 0.875. The minimum absolute atomic E-state index is 0.00943. The van der Waals surface area contributed by atoms with E-state index in [0.717, 1.165) is 31.8 Å².